The van der Waals surface area contributed by atoms with Crippen molar-refractivity contribution in [1.29, 1.82) is 0 Å². The Balaban J connectivity index is 1.71. The molecule has 11 heteroatoms. The van der Waals surface area contributed by atoms with Crippen molar-refractivity contribution in [3.8, 4) is 5.75 Å². The van der Waals surface area contributed by atoms with Gasteiger partial charge in [-0.15, -0.1) is 0 Å². The van der Waals surface area contributed by atoms with E-state index in [4.69, 9.17) is 9.47 Å². The SMILES string of the molecule is COCCN1CC2(CCOCC2)n2cc(C(=O)NCc3ccc(F)cc3F)c(=O)c(O)c2C1=O. The number of halogens is 2. The standard InChI is InChI=1S/C23H25F2N3O6/c1-33-9-6-27-13-23(4-7-34-8-5-23)28-12-16(19(29)20(30)18(28)22(27)32)21(31)26-11-14-2-3-15(24)10-17(14)25/h2-3,10,12,30H,4-9,11,13H2,1H3,(H,26,31). The molecule has 0 unspecified atom stereocenters. The molecule has 3 heterocycles. The summed E-state index contributed by atoms with van der Waals surface area (Å²) in [5, 5.41) is 13.2. The molecule has 2 aliphatic heterocycles. The molecule has 0 aliphatic carbocycles. The van der Waals surface area contributed by atoms with Crippen LogP contribution in [0.4, 0.5) is 8.78 Å². The number of nitrogens with one attached hydrogen (secondary N) is 1. The average molecular weight is 477 g/mol. The summed E-state index contributed by atoms with van der Waals surface area (Å²) in [6.45, 7) is 1.38. The van der Waals surface area contributed by atoms with Crippen LogP contribution in [-0.2, 0) is 21.6 Å². The van der Waals surface area contributed by atoms with Gasteiger partial charge in [-0.25, -0.2) is 8.78 Å². The van der Waals surface area contributed by atoms with Crippen molar-refractivity contribution in [2.45, 2.75) is 24.9 Å². The molecule has 0 radical (unpaired) electrons. The monoisotopic (exact) mass is 477 g/mol. The summed E-state index contributed by atoms with van der Waals surface area (Å²) in [5.41, 5.74) is -2.23. The Morgan fingerprint density at radius 1 is 1.26 bits per heavy atom. The first-order valence-corrected chi connectivity index (χ1v) is 10.8. The van der Waals surface area contributed by atoms with Crippen molar-refractivity contribution >= 4 is 11.8 Å². The highest BCUT2D eigenvalue weighted by atomic mass is 19.1. The van der Waals surface area contributed by atoms with Crippen molar-refractivity contribution < 1.29 is 33.0 Å². The zero-order chi connectivity index (χ0) is 24.5. The minimum atomic E-state index is -1.01. The largest absolute Gasteiger partial charge is 0.503 e. The predicted molar refractivity (Wildman–Crippen MR) is 116 cm³/mol. The Morgan fingerprint density at radius 2 is 2.00 bits per heavy atom. The van der Waals surface area contributed by atoms with Gasteiger partial charge in [0.25, 0.3) is 11.8 Å². The summed E-state index contributed by atoms with van der Waals surface area (Å²) in [6.07, 6.45) is 2.28. The maximum absolute atomic E-state index is 13.9. The molecule has 1 spiro atoms. The van der Waals surface area contributed by atoms with Gasteiger partial charge in [-0.3, -0.25) is 14.4 Å². The highest BCUT2D eigenvalue weighted by Gasteiger charge is 2.45. The number of aromatic hydroxyl groups is 1. The van der Waals surface area contributed by atoms with Crippen molar-refractivity contribution in [1.82, 2.24) is 14.8 Å². The zero-order valence-electron chi connectivity index (χ0n) is 18.6. The normalized spacial score (nSPS) is 17.0. The Labute approximate surface area is 193 Å². The van der Waals surface area contributed by atoms with Gasteiger partial charge < -0.3 is 29.4 Å². The van der Waals surface area contributed by atoms with E-state index < -0.39 is 40.2 Å². The van der Waals surface area contributed by atoms with Gasteiger partial charge in [-0.2, -0.15) is 0 Å². The summed E-state index contributed by atoms with van der Waals surface area (Å²) in [6, 6.07) is 2.93. The maximum atomic E-state index is 13.9. The molecule has 2 amide bonds. The van der Waals surface area contributed by atoms with Gasteiger partial charge in [0.1, 0.15) is 17.2 Å². The van der Waals surface area contributed by atoms with Gasteiger partial charge in [0.15, 0.2) is 11.4 Å². The van der Waals surface area contributed by atoms with Crippen LogP contribution in [0.2, 0.25) is 0 Å². The lowest BCUT2D eigenvalue weighted by atomic mass is 9.85. The number of aromatic nitrogens is 1. The average Bonchev–Trinajstić information content (AvgIpc) is 2.82. The van der Waals surface area contributed by atoms with Gasteiger partial charge >= 0.3 is 0 Å². The number of hydrogen-bond donors (Lipinski definition) is 2. The van der Waals surface area contributed by atoms with E-state index in [1.807, 2.05) is 0 Å². The summed E-state index contributed by atoms with van der Waals surface area (Å²) < 4.78 is 39.1. The molecule has 9 nitrogen and oxygen atoms in total. The summed E-state index contributed by atoms with van der Waals surface area (Å²) in [7, 11) is 1.51. The molecule has 1 aromatic carbocycles. The molecule has 0 saturated carbocycles. The number of rotatable bonds is 6. The predicted octanol–water partition coefficient (Wildman–Crippen LogP) is 1.37. The van der Waals surface area contributed by atoms with Crippen molar-refractivity contribution in [2.75, 3.05) is 40.0 Å². The van der Waals surface area contributed by atoms with E-state index in [9.17, 15) is 28.3 Å². The second kappa shape index (κ2) is 9.51. The zero-order valence-corrected chi connectivity index (χ0v) is 18.6. The lowest BCUT2D eigenvalue weighted by Gasteiger charge is -2.47. The Hall–Kier alpha value is -3.31. The smallest absolute Gasteiger partial charge is 0.274 e. The Bertz CT molecular complexity index is 1180. The lowest BCUT2D eigenvalue weighted by molar-refractivity contribution is -0.0114. The molecular formula is C23H25F2N3O6. The number of nitrogens with zero attached hydrogens (tertiary/aromatic N) is 2. The van der Waals surface area contributed by atoms with Crippen molar-refractivity contribution in [2.24, 2.45) is 0 Å². The lowest BCUT2D eigenvalue weighted by Crippen LogP contribution is -2.57. The number of benzene rings is 1. The summed E-state index contributed by atoms with van der Waals surface area (Å²) in [4.78, 5) is 40.4. The van der Waals surface area contributed by atoms with E-state index >= 15 is 0 Å². The first kappa shape index (κ1) is 23.8. The van der Waals surface area contributed by atoms with Crippen LogP contribution in [0.5, 0.6) is 5.75 Å². The molecule has 1 saturated heterocycles. The van der Waals surface area contributed by atoms with Gasteiger partial charge in [-0.05, 0) is 18.9 Å². The van der Waals surface area contributed by atoms with E-state index in [1.54, 1.807) is 0 Å². The molecule has 1 aromatic heterocycles. The van der Waals surface area contributed by atoms with Crippen molar-refractivity contribution in [3.63, 3.8) is 0 Å². The third kappa shape index (κ3) is 4.28. The number of amides is 2. The fourth-order valence-electron chi connectivity index (χ4n) is 4.46. The van der Waals surface area contributed by atoms with E-state index in [2.05, 4.69) is 5.32 Å². The third-order valence-corrected chi connectivity index (χ3v) is 6.36. The van der Waals surface area contributed by atoms with E-state index in [1.165, 1.54) is 28.8 Å². The molecule has 2 N–H and O–H groups in total. The first-order valence-electron chi connectivity index (χ1n) is 10.8. The van der Waals surface area contributed by atoms with Gasteiger partial charge in [0.05, 0.1) is 12.1 Å². The summed E-state index contributed by atoms with van der Waals surface area (Å²) in [5.74, 6) is -3.80. The fourth-order valence-corrected chi connectivity index (χ4v) is 4.46. The van der Waals surface area contributed by atoms with Crippen LogP contribution in [0.3, 0.4) is 0 Å². The van der Waals surface area contributed by atoms with E-state index in [0.717, 1.165) is 6.07 Å². The highest BCUT2D eigenvalue weighted by Crippen LogP contribution is 2.37. The number of methoxy groups -OCH3 is 1. The van der Waals surface area contributed by atoms with Crippen molar-refractivity contribution in [3.05, 3.63) is 63.1 Å². The molecule has 0 bridgehead atoms. The topological polar surface area (TPSA) is 110 Å². The van der Waals surface area contributed by atoms with Gasteiger partial charge in [0.2, 0.25) is 5.43 Å². The number of pyridine rings is 1. The highest BCUT2D eigenvalue weighted by molar-refractivity contribution is 5.99. The second-order valence-corrected chi connectivity index (χ2v) is 8.41. The molecule has 2 aliphatic rings. The molecule has 1 fully saturated rings. The van der Waals surface area contributed by atoms with Crippen LogP contribution in [-0.4, -0.2) is 66.4 Å². The second-order valence-electron chi connectivity index (χ2n) is 8.41. The first-order chi connectivity index (χ1) is 16.3. The van der Waals surface area contributed by atoms with Crippen LogP contribution in [0.25, 0.3) is 0 Å². The Kier molecular flexibility index (Phi) is 6.67. The van der Waals surface area contributed by atoms with Crippen LogP contribution in [0.1, 0.15) is 39.3 Å². The Morgan fingerprint density at radius 3 is 2.68 bits per heavy atom. The fraction of sp³-hybridized carbons (Fsp3) is 0.435. The molecule has 0 atom stereocenters. The minimum absolute atomic E-state index is 0.0295. The van der Waals surface area contributed by atoms with E-state index in [-0.39, 0.29) is 36.5 Å². The molecular weight excluding hydrogens is 452 g/mol. The molecule has 2 aromatic rings. The van der Waals surface area contributed by atoms with Crippen LogP contribution in [0, 0.1) is 11.6 Å². The number of fused-ring (bicyclic) bond motifs is 2. The van der Waals surface area contributed by atoms with Crippen LogP contribution >= 0.6 is 0 Å². The number of ether oxygens (including phenoxy) is 2. The molecule has 4 rings (SSSR count). The number of carbonyl (C=O) groups excluding carboxylic acids is 2. The van der Waals surface area contributed by atoms with Gasteiger partial charge in [0, 0.05) is 57.8 Å². The maximum Gasteiger partial charge on any atom is 0.274 e. The van der Waals surface area contributed by atoms with Gasteiger partial charge in [-0.1, -0.05) is 6.07 Å². The van der Waals surface area contributed by atoms with Crippen LogP contribution < -0.4 is 10.7 Å². The van der Waals surface area contributed by atoms with Crippen LogP contribution in [0.15, 0.2) is 29.2 Å². The quantitative estimate of drug-likeness (QED) is 0.651. The number of hydrogen-bond acceptors (Lipinski definition) is 6. The molecule has 34 heavy (non-hydrogen) atoms. The van der Waals surface area contributed by atoms with E-state index in [0.29, 0.717) is 38.7 Å². The minimum Gasteiger partial charge on any atom is -0.503 e. The summed E-state index contributed by atoms with van der Waals surface area (Å²) >= 11 is 0. The third-order valence-electron chi connectivity index (χ3n) is 6.36. The molecule has 182 valence electrons. The number of carbonyl (C=O) groups is 2.